The first-order valence-corrected chi connectivity index (χ1v) is 4.62. The number of hydrogen-bond donors (Lipinski definition) is 0. The van der Waals surface area contributed by atoms with E-state index in [-0.39, 0.29) is 0 Å². The molecule has 3 heteroatoms. The van der Waals surface area contributed by atoms with Gasteiger partial charge in [-0.3, -0.25) is 9.48 Å². The van der Waals surface area contributed by atoms with E-state index in [4.69, 9.17) is 0 Å². The zero-order valence-corrected chi connectivity index (χ0v) is 8.45. The number of aldehydes is 1. The molecule has 1 aromatic rings. The molecule has 0 fully saturated rings. The molecule has 72 valence electrons. The summed E-state index contributed by atoms with van der Waals surface area (Å²) in [5, 5.41) is 4.14. The first-order chi connectivity index (χ1) is 6.15. The summed E-state index contributed by atoms with van der Waals surface area (Å²) in [6.45, 7) is 7.19. The molecular formula is C10H16N2O. The molecule has 13 heavy (non-hydrogen) atoms. The molecule has 0 saturated heterocycles. The fourth-order valence-corrected chi connectivity index (χ4v) is 1.18. The lowest BCUT2D eigenvalue weighted by molar-refractivity contribution is 0.112. The van der Waals surface area contributed by atoms with Gasteiger partial charge in [0, 0.05) is 12.2 Å². The Kier molecular flexibility index (Phi) is 3.23. The second-order valence-corrected chi connectivity index (χ2v) is 3.71. The average molecular weight is 180 g/mol. The maximum Gasteiger partial charge on any atom is 0.153 e. The van der Waals surface area contributed by atoms with E-state index in [2.05, 4.69) is 18.9 Å². The van der Waals surface area contributed by atoms with Gasteiger partial charge < -0.3 is 0 Å². The van der Waals surface area contributed by atoms with Gasteiger partial charge in [-0.25, -0.2) is 0 Å². The third-order valence-corrected chi connectivity index (χ3v) is 2.19. The van der Waals surface area contributed by atoms with E-state index >= 15 is 0 Å². The molecule has 0 amide bonds. The summed E-state index contributed by atoms with van der Waals surface area (Å²) in [7, 11) is 0. The van der Waals surface area contributed by atoms with Crippen LogP contribution in [0.5, 0.6) is 0 Å². The fourth-order valence-electron chi connectivity index (χ4n) is 1.18. The molecule has 0 bridgehead atoms. The van der Waals surface area contributed by atoms with Crippen molar-refractivity contribution >= 4 is 6.29 Å². The predicted octanol–water partition coefficient (Wildman–Crippen LogP) is 2.05. The number of carbonyl (C=O) groups excluding carboxylic acids is 1. The molecule has 0 aliphatic heterocycles. The normalized spacial score (nSPS) is 10.8. The van der Waals surface area contributed by atoms with Crippen LogP contribution in [0.2, 0.25) is 0 Å². The van der Waals surface area contributed by atoms with Crippen LogP contribution in [-0.2, 0) is 6.54 Å². The summed E-state index contributed by atoms with van der Waals surface area (Å²) in [5.74, 6) is 0.670. The number of hydrogen-bond acceptors (Lipinski definition) is 2. The third kappa shape index (κ3) is 2.41. The first-order valence-electron chi connectivity index (χ1n) is 4.62. The molecular weight excluding hydrogens is 164 g/mol. The van der Waals surface area contributed by atoms with Crippen molar-refractivity contribution in [3.8, 4) is 0 Å². The molecule has 0 unspecified atom stereocenters. The molecule has 0 N–H and O–H groups in total. The van der Waals surface area contributed by atoms with E-state index in [9.17, 15) is 4.79 Å². The Morgan fingerprint density at radius 2 is 2.31 bits per heavy atom. The molecule has 1 rings (SSSR count). The molecule has 0 saturated carbocycles. The van der Waals surface area contributed by atoms with E-state index in [1.54, 1.807) is 6.20 Å². The van der Waals surface area contributed by atoms with Gasteiger partial charge in [-0.1, -0.05) is 13.8 Å². The van der Waals surface area contributed by atoms with Crippen LogP contribution in [0.3, 0.4) is 0 Å². The van der Waals surface area contributed by atoms with E-state index in [1.165, 1.54) is 0 Å². The van der Waals surface area contributed by atoms with Gasteiger partial charge in [-0.15, -0.1) is 0 Å². The largest absolute Gasteiger partial charge is 0.298 e. The SMILES string of the molecule is Cc1c(C=O)cnn1CCC(C)C. The Morgan fingerprint density at radius 1 is 1.62 bits per heavy atom. The maximum atomic E-state index is 10.5. The van der Waals surface area contributed by atoms with Crippen molar-refractivity contribution in [3.63, 3.8) is 0 Å². The second kappa shape index (κ2) is 4.21. The van der Waals surface area contributed by atoms with Gasteiger partial charge in [0.25, 0.3) is 0 Å². The third-order valence-electron chi connectivity index (χ3n) is 2.19. The monoisotopic (exact) mass is 180 g/mol. The minimum atomic E-state index is 0.670. The molecule has 0 aliphatic rings. The van der Waals surface area contributed by atoms with Crippen molar-refractivity contribution in [3.05, 3.63) is 17.5 Å². The molecule has 3 nitrogen and oxygen atoms in total. The van der Waals surface area contributed by atoms with Crippen molar-refractivity contribution in [2.45, 2.75) is 33.7 Å². The number of nitrogens with zero attached hydrogens (tertiary/aromatic N) is 2. The molecule has 0 spiro atoms. The van der Waals surface area contributed by atoms with Crippen molar-refractivity contribution in [1.82, 2.24) is 9.78 Å². The summed E-state index contributed by atoms with van der Waals surface area (Å²) >= 11 is 0. The molecule has 1 heterocycles. The summed E-state index contributed by atoms with van der Waals surface area (Å²) < 4.78 is 1.89. The van der Waals surface area contributed by atoms with Crippen molar-refractivity contribution < 1.29 is 4.79 Å². The molecule has 0 radical (unpaired) electrons. The van der Waals surface area contributed by atoms with Gasteiger partial charge >= 0.3 is 0 Å². The topological polar surface area (TPSA) is 34.9 Å². The number of rotatable bonds is 4. The first kappa shape index (κ1) is 9.96. The number of aryl methyl sites for hydroxylation is 1. The Labute approximate surface area is 78.8 Å². The highest BCUT2D eigenvalue weighted by Gasteiger charge is 2.04. The van der Waals surface area contributed by atoms with Gasteiger partial charge in [0.2, 0.25) is 0 Å². The second-order valence-electron chi connectivity index (χ2n) is 3.71. The van der Waals surface area contributed by atoms with Crippen molar-refractivity contribution in [2.24, 2.45) is 5.92 Å². The summed E-state index contributed by atoms with van der Waals surface area (Å²) in [4.78, 5) is 10.5. The Hall–Kier alpha value is -1.12. The zero-order chi connectivity index (χ0) is 9.84. The van der Waals surface area contributed by atoms with E-state index in [1.807, 2.05) is 11.6 Å². The lowest BCUT2D eigenvalue weighted by Gasteiger charge is -2.06. The molecule has 0 aliphatic carbocycles. The highest BCUT2D eigenvalue weighted by atomic mass is 16.1. The van der Waals surface area contributed by atoms with Gasteiger partial charge in [-0.05, 0) is 19.3 Å². The molecule has 1 aromatic heterocycles. The average Bonchev–Trinajstić information content (AvgIpc) is 2.43. The minimum Gasteiger partial charge on any atom is -0.298 e. The smallest absolute Gasteiger partial charge is 0.153 e. The Balaban J connectivity index is 2.67. The van der Waals surface area contributed by atoms with Crippen LogP contribution in [0.1, 0.15) is 36.3 Å². The predicted molar refractivity (Wildman–Crippen MR) is 51.8 cm³/mol. The van der Waals surface area contributed by atoms with Crippen LogP contribution in [0.25, 0.3) is 0 Å². The highest BCUT2D eigenvalue weighted by molar-refractivity contribution is 5.75. The van der Waals surface area contributed by atoms with Gasteiger partial charge in [-0.2, -0.15) is 5.10 Å². The quantitative estimate of drug-likeness (QED) is 0.665. The Bertz CT molecular complexity index is 289. The van der Waals surface area contributed by atoms with E-state index in [0.29, 0.717) is 11.5 Å². The fraction of sp³-hybridized carbons (Fsp3) is 0.600. The summed E-state index contributed by atoms with van der Waals surface area (Å²) in [6.07, 6.45) is 3.58. The van der Waals surface area contributed by atoms with Crippen molar-refractivity contribution in [2.75, 3.05) is 0 Å². The maximum absolute atomic E-state index is 10.5. The number of carbonyl (C=O) groups is 1. The lowest BCUT2D eigenvalue weighted by Crippen LogP contribution is -2.05. The van der Waals surface area contributed by atoms with Crippen LogP contribution >= 0.6 is 0 Å². The summed E-state index contributed by atoms with van der Waals surface area (Å²) in [5.41, 5.74) is 1.67. The minimum absolute atomic E-state index is 0.670. The lowest BCUT2D eigenvalue weighted by atomic mass is 10.1. The standard InChI is InChI=1S/C10H16N2O/c1-8(2)4-5-12-9(3)10(7-13)6-11-12/h6-8H,4-5H2,1-3H3. The van der Waals surface area contributed by atoms with Crippen LogP contribution < -0.4 is 0 Å². The van der Waals surface area contributed by atoms with Gasteiger partial charge in [0.1, 0.15) is 0 Å². The molecule has 0 aromatic carbocycles. The molecule has 0 atom stereocenters. The van der Waals surface area contributed by atoms with Crippen molar-refractivity contribution in [1.29, 1.82) is 0 Å². The van der Waals surface area contributed by atoms with Crippen LogP contribution in [0.15, 0.2) is 6.20 Å². The number of aromatic nitrogens is 2. The van der Waals surface area contributed by atoms with Crippen LogP contribution in [0.4, 0.5) is 0 Å². The van der Waals surface area contributed by atoms with E-state index in [0.717, 1.165) is 24.9 Å². The highest BCUT2D eigenvalue weighted by Crippen LogP contribution is 2.07. The van der Waals surface area contributed by atoms with Gasteiger partial charge in [0.05, 0.1) is 11.8 Å². The van der Waals surface area contributed by atoms with Crippen LogP contribution in [-0.4, -0.2) is 16.1 Å². The van der Waals surface area contributed by atoms with Crippen LogP contribution in [0, 0.1) is 12.8 Å². The zero-order valence-electron chi connectivity index (χ0n) is 8.45. The Morgan fingerprint density at radius 3 is 2.77 bits per heavy atom. The summed E-state index contributed by atoms with van der Waals surface area (Å²) in [6, 6.07) is 0. The van der Waals surface area contributed by atoms with E-state index < -0.39 is 0 Å². The van der Waals surface area contributed by atoms with Gasteiger partial charge in [0.15, 0.2) is 6.29 Å².